The number of rotatable bonds is 57. The molecule has 1 atom stereocenters. The Kier molecular flexibility index (Phi) is 58.2. The second-order valence-corrected chi connectivity index (χ2v) is 21.0. The van der Waals surface area contributed by atoms with Crippen molar-refractivity contribution < 1.29 is 28.6 Å². The summed E-state index contributed by atoms with van der Waals surface area (Å²) in [5.41, 5.74) is 0. The van der Waals surface area contributed by atoms with Crippen LogP contribution < -0.4 is 0 Å². The molecule has 0 heterocycles. The molecule has 0 bridgehead atoms. The molecule has 1 unspecified atom stereocenters. The van der Waals surface area contributed by atoms with E-state index in [4.69, 9.17) is 14.2 Å². The molecular formula is C66H118O6. The third kappa shape index (κ3) is 58.0. The van der Waals surface area contributed by atoms with E-state index < -0.39 is 6.10 Å². The number of carbonyl (C=O) groups is 3. The fourth-order valence-corrected chi connectivity index (χ4v) is 9.06. The Morgan fingerprint density at radius 1 is 0.292 bits per heavy atom. The van der Waals surface area contributed by atoms with Crippen LogP contribution in [0.25, 0.3) is 0 Å². The highest BCUT2D eigenvalue weighted by atomic mass is 16.6. The van der Waals surface area contributed by atoms with Gasteiger partial charge in [-0.3, -0.25) is 14.4 Å². The van der Waals surface area contributed by atoms with E-state index in [2.05, 4.69) is 81.5 Å². The maximum absolute atomic E-state index is 12.9. The van der Waals surface area contributed by atoms with Crippen molar-refractivity contribution >= 4 is 17.9 Å². The Hall–Kier alpha value is -2.89. The summed E-state index contributed by atoms with van der Waals surface area (Å²) in [5, 5.41) is 0. The van der Waals surface area contributed by atoms with E-state index in [-0.39, 0.29) is 31.1 Å². The summed E-state index contributed by atoms with van der Waals surface area (Å²) in [4.78, 5) is 38.3. The average molecular weight is 1010 g/mol. The number of allylic oxidation sites excluding steroid dienone is 10. The standard InChI is InChI=1S/C66H118O6/c1-4-7-10-13-16-19-22-25-28-31-33-36-38-41-44-47-50-53-56-59-65(68)71-62-63(61-70-64(67)58-55-52-49-46-43-40-37-34-30-27-24-21-18-15-12-9-6-3)72-66(69)60-57-54-51-48-45-42-39-35-32-29-26-23-20-17-14-11-8-5-2/h18,21,23,26-27,29-30,32,35,39,63H,4-17,19-20,22,24-25,28,31,33-34,36-38,40-62H2,1-3H3/b21-18-,26-23-,30-27-,32-29-,39-35-. The van der Waals surface area contributed by atoms with Crippen LogP contribution in [0.1, 0.15) is 323 Å². The number of hydrogen-bond donors (Lipinski definition) is 0. The number of carbonyl (C=O) groups excluding carboxylic acids is 3. The Morgan fingerprint density at radius 2 is 0.556 bits per heavy atom. The van der Waals surface area contributed by atoms with Crippen LogP contribution in [-0.2, 0) is 28.6 Å². The zero-order valence-electron chi connectivity index (χ0n) is 47.9. The van der Waals surface area contributed by atoms with Crippen molar-refractivity contribution in [1.82, 2.24) is 0 Å². The lowest BCUT2D eigenvalue weighted by Crippen LogP contribution is -2.30. The quantitative estimate of drug-likeness (QED) is 0.0199. The lowest BCUT2D eigenvalue weighted by molar-refractivity contribution is -0.167. The highest BCUT2D eigenvalue weighted by molar-refractivity contribution is 5.71. The van der Waals surface area contributed by atoms with Crippen molar-refractivity contribution in [3.05, 3.63) is 60.8 Å². The topological polar surface area (TPSA) is 78.9 Å². The van der Waals surface area contributed by atoms with Gasteiger partial charge in [-0.2, -0.15) is 0 Å². The second-order valence-electron chi connectivity index (χ2n) is 21.0. The van der Waals surface area contributed by atoms with Gasteiger partial charge in [-0.25, -0.2) is 0 Å². The normalized spacial score (nSPS) is 12.4. The number of hydrogen-bond acceptors (Lipinski definition) is 6. The lowest BCUT2D eigenvalue weighted by atomic mass is 10.0. The number of ether oxygens (including phenoxy) is 3. The van der Waals surface area contributed by atoms with Gasteiger partial charge < -0.3 is 14.2 Å². The maximum atomic E-state index is 12.9. The molecular weight excluding hydrogens is 889 g/mol. The first kappa shape index (κ1) is 69.1. The number of esters is 3. The van der Waals surface area contributed by atoms with E-state index in [1.54, 1.807) is 0 Å². The lowest BCUT2D eigenvalue weighted by Gasteiger charge is -2.18. The van der Waals surface area contributed by atoms with Gasteiger partial charge >= 0.3 is 17.9 Å². The molecule has 0 fully saturated rings. The highest BCUT2D eigenvalue weighted by Gasteiger charge is 2.19. The Balaban J connectivity index is 4.40. The van der Waals surface area contributed by atoms with Crippen LogP contribution in [0.5, 0.6) is 0 Å². The number of unbranched alkanes of at least 4 members (excludes halogenated alkanes) is 38. The van der Waals surface area contributed by atoms with Gasteiger partial charge in [-0.15, -0.1) is 0 Å². The molecule has 0 amide bonds. The summed E-state index contributed by atoms with van der Waals surface area (Å²) < 4.78 is 16.9. The van der Waals surface area contributed by atoms with Crippen molar-refractivity contribution in [2.75, 3.05) is 13.2 Å². The molecule has 0 rings (SSSR count). The first-order chi connectivity index (χ1) is 35.5. The minimum Gasteiger partial charge on any atom is -0.462 e. The van der Waals surface area contributed by atoms with Gasteiger partial charge in [0.1, 0.15) is 13.2 Å². The van der Waals surface area contributed by atoms with Gasteiger partial charge in [0.2, 0.25) is 0 Å². The molecule has 0 aromatic heterocycles. The summed E-state index contributed by atoms with van der Waals surface area (Å²) in [6.07, 6.45) is 76.4. The Morgan fingerprint density at radius 3 is 0.903 bits per heavy atom. The SMILES string of the molecule is CCCCC/C=C\C/C=C\CCCCCCCCCC(=O)OCC(COC(=O)CCCCCCCCCCCCCCCCCCCCC)OC(=O)CCCCCCC\C=C/C=C\C=C/CCCCCCC. The molecule has 0 aromatic rings. The third-order valence-corrected chi connectivity index (χ3v) is 13.8. The summed E-state index contributed by atoms with van der Waals surface area (Å²) in [6, 6.07) is 0. The fourth-order valence-electron chi connectivity index (χ4n) is 9.06. The first-order valence-electron chi connectivity index (χ1n) is 31.3. The predicted octanol–water partition coefficient (Wildman–Crippen LogP) is 21.2. The summed E-state index contributed by atoms with van der Waals surface area (Å²) in [7, 11) is 0. The fraction of sp³-hybridized carbons (Fsp3) is 0.803. The zero-order chi connectivity index (χ0) is 52.2. The van der Waals surface area contributed by atoms with Gasteiger partial charge in [0.25, 0.3) is 0 Å². The molecule has 6 nitrogen and oxygen atoms in total. The summed E-state index contributed by atoms with van der Waals surface area (Å²) >= 11 is 0. The molecule has 0 saturated carbocycles. The van der Waals surface area contributed by atoms with Crippen LogP contribution in [0, 0.1) is 0 Å². The van der Waals surface area contributed by atoms with Gasteiger partial charge in [-0.1, -0.05) is 287 Å². The van der Waals surface area contributed by atoms with Crippen LogP contribution in [-0.4, -0.2) is 37.2 Å². The van der Waals surface area contributed by atoms with Crippen LogP contribution in [0.15, 0.2) is 60.8 Å². The monoisotopic (exact) mass is 1010 g/mol. The zero-order valence-corrected chi connectivity index (χ0v) is 47.9. The largest absolute Gasteiger partial charge is 0.462 e. The molecule has 0 aromatic carbocycles. The minimum atomic E-state index is -0.788. The van der Waals surface area contributed by atoms with E-state index in [1.807, 2.05) is 0 Å². The first-order valence-corrected chi connectivity index (χ1v) is 31.3. The van der Waals surface area contributed by atoms with Crippen molar-refractivity contribution in [2.45, 2.75) is 329 Å². The highest BCUT2D eigenvalue weighted by Crippen LogP contribution is 2.17. The van der Waals surface area contributed by atoms with Crippen LogP contribution in [0.3, 0.4) is 0 Å². The van der Waals surface area contributed by atoms with Gasteiger partial charge in [0.15, 0.2) is 6.10 Å². The van der Waals surface area contributed by atoms with E-state index >= 15 is 0 Å². The molecule has 0 radical (unpaired) electrons. The van der Waals surface area contributed by atoms with E-state index in [9.17, 15) is 14.4 Å². The van der Waals surface area contributed by atoms with Gasteiger partial charge in [0.05, 0.1) is 0 Å². The van der Waals surface area contributed by atoms with Crippen molar-refractivity contribution in [3.63, 3.8) is 0 Å². The third-order valence-electron chi connectivity index (χ3n) is 13.8. The van der Waals surface area contributed by atoms with Gasteiger partial charge in [-0.05, 0) is 77.0 Å². The molecule has 0 saturated heterocycles. The predicted molar refractivity (Wildman–Crippen MR) is 312 cm³/mol. The average Bonchev–Trinajstić information content (AvgIpc) is 3.38. The van der Waals surface area contributed by atoms with Crippen molar-refractivity contribution in [3.8, 4) is 0 Å². The molecule has 72 heavy (non-hydrogen) atoms. The Bertz CT molecular complexity index is 1290. The molecule has 0 N–H and O–H groups in total. The van der Waals surface area contributed by atoms with E-state index in [0.29, 0.717) is 19.3 Å². The maximum Gasteiger partial charge on any atom is 0.306 e. The van der Waals surface area contributed by atoms with Crippen molar-refractivity contribution in [2.24, 2.45) is 0 Å². The molecule has 0 aliphatic heterocycles. The molecule has 0 aliphatic carbocycles. The molecule has 6 heteroatoms. The van der Waals surface area contributed by atoms with E-state index in [1.165, 1.54) is 186 Å². The van der Waals surface area contributed by atoms with Crippen LogP contribution >= 0.6 is 0 Å². The van der Waals surface area contributed by atoms with Crippen LogP contribution in [0.2, 0.25) is 0 Å². The Labute approximate surface area is 447 Å². The van der Waals surface area contributed by atoms with Crippen molar-refractivity contribution in [1.29, 1.82) is 0 Å². The summed E-state index contributed by atoms with van der Waals surface area (Å²) in [6.45, 7) is 6.62. The summed E-state index contributed by atoms with van der Waals surface area (Å²) in [5.74, 6) is -0.893. The van der Waals surface area contributed by atoms with E-state index in [0.717, 1.165) is 96.3 Å². The second kappa shape index (κ2) is 60.7. The molecule has 0 aliphatic rings. The smallest absolute Gasteiger partial charge is 0.306 e. The molecule has 418 valence electrons. The van der Waals surface area contributed by atoms with Gasteiger partial charge in [0, 0.05) is 19.3 Å². The van der Waals surface area contributed by atoms with Crippen LogP contribution in [0.4, 0.5) is 0 Å². The molecule has 0 spiro atoms. The minimum absolute atomic E-state index is 0.0823.